The minimum Gasteiger partial charge on any atom is -0.477 e. The smallest absolute Gasteiger partial charge is 0.345 e. The van der Waals surface area contributed by atoms with Crippen molar-refractivity contribution in [3.63, 3.8) is 0 Å². The molecule has 0 radical (unpaired) electrons. The van der Waals surface area contributed by atoms with Gasteiger partial charge in [-0.25, -0.2) is 4.79 Å². The van der Waals surface area contributed by atoms with Gasteiger partial charge in [-0.15, -0.1) is 11.3 Å². The van der Waals surface area contributed by atoms with Crippen LogP contribution < -0.4 is 5.32 Å². The third kappa shape index (κ3) is 2.78. The number of carboxylic acid groups (broad SMARTS) is 1. The van der Waals surface area contributed by atoms with Crippen molar-refractivity contribution in [3.8, 4) is 0 Å². The molecule has 0 unspecified atom stereocenters. The van der Waals surface area contributed by atoms with Gasteiger partial charge in [-0.05, 0) is 37.7 Å². The van der Waals surface area contributed by atoms with Crippen molar-refractivity contribution in [1.29, 1.82) is 0 Å². The van der Waals surface area contributed by atoms with Gasteiger partial charge in [0.15, 0.2) is 0 Å². The summed E-state index contributed by atoms with van der Waals surface area (Å²) in [5.74, 6) is -0.860. The zero-order valence-corrected chi connectivity index (χ0v) is 11.0. The lowest BCUT2D eigenvalue weighted by atomic mass is 10.1. The summed E-state index contributed by atoms with van der Waals surface area (Å²) in [4.78, 5) is 11.4. The molecule has 1 aromatic carbocycles. The molecular weight excluding hydrogens is 246 g/mol. The van der Waals surface area contributed by atoms with E-state index in [1.807, 2.05) is 25.2 Å². The van der Waals surface area contributed by atoms with Crippen molar-refractivity contribution in [3.05, 3.63) is 40.8 Å². The van der Waals surface area contributed by atoms with Gasteiger partial charge in [0.1, 0.15) is 4.88 Å². The molecule has 1 heterocycles. The first-order valence-corrected chi connectivity index (χ1v) is 6.61. The molecule has 0 atom stereocenters. The van der Waals surface area contributed by atoms with Crippen molar-refractivity contribution >= 4 is 33.5 Å². The highest BCUT2D eigenvalue weighted by Gasteiger charge is 2.09. The van der Waals surface area contributed by atoms with Crippen LogP contribution in [0.15, 0.2) is 30.3 Å². The van der Waals surface area contributed by atoms with E-state index in [0.717, 1.165) is 28.6 Å². The van der Waals surface area contributed by atoms with Gasteiger partial charge in [0.25, 0.3) is 0 Å². The number of benzene rings is 1. The van der Waals surface area contributed by atoms with Gasteiger partial charge in [-0.1, -0.05) is 24.3 Å². The van der Waals surface area contributed by atoms with Crippen LogP contribution in [0, 0.1) is 0 Å². The summed E-state index contributed by atoms with van der Waals surface area (Å²) < 4.78 is 1.02. The van der Waals surface area contributed by atoms with E-state index in [0.29, 0.717) is 4.88 Å². The van der Waals surface area contributed by atoms with E-state index in [-0.39, 0.29) is 0 Å². The zero-order valence-electron chi connectivity index (χ0n) is 10.1. The molecule has 0 bridgehead atoms. The van der Waals surface area contributed by atoms with Crippen LogP contribution in [-0.4, -0.2) is 24.7 Å². The molecule has 0 aliphatic carbocycles. The van der Waals surface area contributed by atoms with Crippen molar-refractivity contribution < 1.29 is 9.90 Å². The molecule has 18 heavy (non-hydrogen) atoms. The van der Waals surface area contributed by atoms with E-state index >= 15 is 0 Å². The molecule has 0 amide bonds. The molecule has 0 saturated heterocycles. The maximum Gasteiger partial charge on any atom is 0.345 e. The molecule has 0 aliphatic heterocycles. The Morgan fingerprint density at radius 2 is 2.33 bits per heavy atom. The standard InChI is InChI=1S/C14H15NO2S/c1-15-8-3-2-5-10-6-4-7-12-11(10)9-13(18-12)14(16)17/h2,4-7,9,15H,3,8H2,1H3,(H,16,17). The minimum absolute atomic E-state index is 0.390. The van der Waals surface area contributed by atoms with Crippen LogP contribution in [0.2, 0.25) is 0 Å². The number of nitrogens with one attached hydrogen (secondary N) is 1. The van der Waals surface area contributed by atoms with E-state index in [4.69, 9.17) is 5.11 Å². The second-order valence-electron chi connectivity index (χ2n) is 3.97. The van der Waals surface area contributed by atoms with Crippen LogP contribution >= 0.6 is 11.3 Å². The Hall–Kier alpha value is -1.65. The van der Waals surface area contributed by atoms with E-state index in [2.05, 4.69) is 17.5 Å². The molecule has 2 N–H and O–H groups in total. The predicted molar refractivity (Wildman–Crippen MR) is 76.4 cm³/mol. The Labute approximate surface area is 110 Å². The fourth-order valence-electron chi connectivity index (χ4n) is 1.77. The number of carboxylic acids is 1. The summed E-state index contributed by atoms with van der Waals surface area (Å²) in [5.41, 5.74) is 1.08. The van der Waals surface area contributed by atoms with Crippen molar-refractivity contribution in [2.24, 2.45) is 0 Å². The number of hydrogen-bond acceptors (Lipinski definition) is 3. The Kier molecular flexibility index (Phi) is 4.12. The van der Waals surface area contributed by atoms with Crippen LogP contribution in [0.25, 0.3) is 16.2 Å². The molecule has 2 rings (SSSR count). The Bertz CT molecular complexity index is 586. The van der Waals surface area contributed by atoms with Gasteiger partial charge in [0, 0.05) is 10.1 Å². The predicted octanol–water partition coefficient (Wildman–Crippen LogP) is 3.22. The Morgan fingerprint density at radius 3 is 3.06 bits per heavy atom. The topological polar surface area (TPSA) is 49.3 Å². The first kappa shape index (κ1) is 12.8. The third-order valence-corrected chi connectivity index (χ3v) is 3.75. The molecule has 1 aromatic heterocycles. The molecule has 2 aromatic rings. The van der Waals surface area contributed by atoms with Gasteiger partial charge in [0.2, 0.25) is 0 Å². The first-order valence-electron chi connectivity index (χ1n) is 5.79. The lowest BCUT2D eigenvalue weighted by Crippen LogP contribution is -2.05. The number of thiophene rings is 1. The lowest BCUT2D eigenvalue weighted by Gasteiger charge is -1.96. The van der Waals surface area contributed by atoms with E-state index < -0.39 is 5.97 Å². The quantitative estimate of drug-likeness (QED) is 0.812. The van der Waals surface area contributed by atoms with Crippen molar-refractivity contribution in [2.75, 3.05) is 13.6 Å². The average molecular weight is 261 g/mol. The van der Waals surface area contributed by atoms with Crippen LogP contribution in [-0.2, 0) is 0 Å². The summed E-state index contributed by atoms with van der Waals surface area (Å²) in [6.07, 6.45) is 5.12. The van der Waals surface area contributed by atoms with Crippen molar-refractivity contribution in [1.82, 2.24) is 5.32 Å². The van der Waals surface area contributed by atoms with Crippen molar-refractivity contribution in [2.45, 2.75) is 6.42 Å². The lowest BCUT2D eigenvalue weighted by molar-refractivity contribution is 0.0702. The number of rotatable bonds is 5. The second-order valence-corrected chi connectivity index (χ2v) is 5.05. The third-order valence-electron chi connectivity index (χ3n) is 2.66. The molecule has 3 nitrogen and oxygen atoms in total. The van der Waals surface area contributed by atoms with E-state index in [1.165, 1.54) is 11.3 Å². The minimum atomic E-state index is -0.860. The molecule has 4 heteroatoms. The normalized spacial score (nSPS) is 11.4. The van der Waals surface area contributed by atoms with Crippen LogP contribution in [0.3, 0.4) is 0 Å². The monoisotopic (exact) mass is 261 g/mol. The van der Waals surface area contributed by atoms with Gasteiger partial charge in [0.05, 0.1) is 0 Å². The molecular formula is C14H15NO2S. The molecule has 0 saturated carbocycles. The zero-order chi connectivity index (χ0) is 13.0. The fraction of sp³-hybridized carbons (Fsp3) is 0.214. The van der Waals surface area contributed by atoms with Gasteiger partial charge in [-0.3, -0.25) is 0 Å². The summed E-state index contributed by atoms with van der Waals surface area (Å²) in [6, 6.07) is 7.68. The molecule has 94 valence electrons. The fourth-order valence-corrected chi connectivity index (χ4v) is 2.71. The summed E-state index contributed by atoms with van der Waals surface area (Å²) >= 11 is 1.32. The van der Waals surface area contributed by atoms with Gasteiger partial charge < -0.3 is 10.4 Å². The number of carbonyl (C=O) groups is 1. The highest BCUT2D eigenvalue weighted by atomic mass is 32.1. The van der Waals surface area contributed by atoms with Gasteiger partial charge in [-0.2, -0.15) is 0 Å². The van der Waals surface area contributed by atoms with E-state index in [1.54, 1.807) is 6.07 Å². The van der Waals surface area contributed by atoms with Crippen LogP contribution in [0.4, 0.5) is 0 Å². The molecule has 0 spiro atoms. The maximum atomic E-state index is 11.0. The summed E-state index contributed by atoms with van der Waals surface area (Å²) in [5, 5.41) is 13.1. The Balaban J connectivity index is 2.32. The maximum absolute atomic E-state index is 11.0. The molecule has 0 fully saturated rings. The number of hydrogen-bond donors (Lipinski definition) is 2. The van der Waals surface area contributed by atoms with Crippen LogP contribution in [0.1, 0.15) is 21.7 Å². The first-order chi connectivity index (χ1) is 8.72. The average Bonchev–Trinajstić information content (AvgIpc) is 2.79. The Morgan fingerprint density at radius 1 is 1.50 bits per heavy atom. The number of aromatic carboxylic acids is 1. The molecule has 0 aliphatic rings. The number of fused-ring (bicyclic) bond motifs is 1. The highest BCUT2D eigenvalue weighted by molar-refractivity contribution is 7.20. The van der Waals surface area contributed by atoms with E-state index in [9.17, 15) is 4.79 Å². The second kappa shape index (κ2) is 5.80. The largest absolute Gasteiger partial charge is 0.477 e. The summed E-state index contributed by atoms with van der Waals surface area (Å²) in [7, 11) is 1.92. The van der Waals surface area contributed by atoms with Crippen LogP contribution in [0.5, 0.6) is 0 Å². The SMILES string of the molecule is CNCCC=Cc1cccc2sc(C(=O)O)cc12. The summed E-state index contributed by atoms with van der Waals surface area (Å²) in [6.45, 7) is 0.941. The highest BCUT2D eigenvalue weighted by Crippen LogP contribution is 2.29. The van der Waals surface area contributed by atoms with Gasteiger partial charge >= 0.3 is 5.97 Å².